The van der Waals surface area contributed by atoms with Crippen LogP contribution in [0.25, 0.3) is 0 Å². The number of carbonyl (C=O) groups excluding carboxylic acids is 1. The molecule has 1 aromatic rings. The molecule has 0 aliphatic carbocycles. The third-order valence-corrected chi connectivity index (χ3v) is 3.06. The summed E-state index contributed by atoms with van der Waals surface area (Å²) in [6.07, 6.45) is 4.62. The van der Waals surface area contributed by atoms with Crippen LogP contribution < -0.4 is 4.74 Å². The molecular weight excluding hydrogens is 252 g/mol. The molecule has 0 saturated carbocycles. The van der Waals surface area contributed by atoms with Gasteiger partial charge >= 0.3 is 0 Å². The third kappa shape index (κ3) is 6.53. The number of hydrogen-bond donors (Lipinski definition) is 0. The Kier molecular flexibility index (Phi) is 7.02. The van der Waals surface area contributed by atoms with Gasteiger partial charge in [0.1, 0.15) is 5.75 Å². The van der Waals surface area contributed by atoms with Crippen molar-refractivity contribution in [2.45, 2.75) is 39.9 Å². The fraction of sp³-hybridized carbons (Fsp3) is 0.471. The summed E-state index contributed by atoms with van der Waals surface area (Å²) < 4.78 is 10.9. The fourth-order valence-electron chi connectivity index (χ4n) is 1.93. The number of rotatable bonds is 8. The zero-order valence-electron chi connectivity index (χ0n) is 12.8. The molecule has 1 aromatic carbocycles. The van der Waals surface area contributed by atoms with Crippen LogP contribution in [0.15, 0.2) is 36.4 Å². The van der Waals surface area contributed by atoms with E-state index in [2.05, 4.69) is 13.8 Å². The van der Waals surface area contributed by atoms with Crippen LogP contribution >= 0.6 is 0 Å². The second-order valence-corrected chi connectivity index (χ2v) is 5.15. The molecule has 3 heteroatoms. The van der Waals surface area contributed by atoms with Gasteiger partial charge in [0.05, 0.1) is 19.8 Å². The van der Waals surface area contributed by atoms with Gasteiger partial charge in [0.2, 0.25) is 0 Å². The molecule has 1 rings (SSSR count). The van der Waals surface area contributed by atoms with Crippen LogP contribution in [0.3, 0.4) is 0 Å². The summed E-state index contributed by atoms with van der Waals surface area (Å²) in [6.45, 7) is 6.30. The molecule has 0 bridgehead atoms. The highest BCUT2D eigenvalue weighted by atomic mass is 16.5. The van der Waals surface area contributed by atoms with Gasteiger partial charge in [0, 0.05) is 0 Å². The maximum atomic E-state index is 10.9. The zero-order chi connectivity index (χ0) is 15.0. The van der Waals surface area contributed by atoms with Crippen molar-refractivity contribution in [1.29, 1.82) is 0 Å². The number of ether oxygens (including phenoxy) is 2. The van der Waals surface area contributed by atoms with Crippen molar-refractivity contribution < 1.29 is 14.3 Å². The molecule has 0 radical (unpaired) electrons. The lowest BCUT2D eigenvalue weighted by Crippen LogP contribution is -2.11. The Morgan fingerprint density at radius 1 is 1.25 bits per heavy atom. The Morgan fingerprint density at radius 2 is 1.90 bits per heavy atom. The average Bonchev–Trinajstić information content (AvgIpc) is 2.43. The van der Waals surface area contributed by atoms with Crippen LogP contribution in [0.1, 0.15) is 32.8 Å². The van der Waals surface area contributed by atoms with Crippen molar-refractivity contribution in [2.24, 2.45) is 5.92 Å². The monoisotopic (exact) mass is 276 g/mol. The first-order valence-corrected chi connectivity index (χ1v) is 6.94. The molecule has 0 N–H and O–H groups in total. The Hall–Kier alpha value is -1.61. The lowest BCUT2D eigenvalue weighted by atomic mass is 10.0. The average molecular weight is 276 g/mol. The molecule has 20 heavy (non-hydrogen) atoms. The summed E-state index contributed by atoms with van der Waals surface area (Å²) in [4.78, 5) is 10.9. The number of methoxy groups -OCH3 is 1. The molecular formula is C17H24O3. The smallest absolute Gasteiger partial charge is 0.152 e. The summed E-state index contributed by atoms with van der Waals surface area (Å²) in [5, 5.41) is 0. The first-order chi connectivity index (χ1) is 9.51. The topological polar surface area (TPSA) is 35.5 Å². The van der Waals surface area contributed by atoms with Crippen LogP contribution in [-0.2, 0) is 16.1 Å². The van der Waals surface area contributed by atoms with Crippen LogP contribution in [0, 0.1) is 5.92 Å². The SMILES string of the molecule is COc1ccc(CO[C@@H](C)C[C@@H](C)/C=C/C(C)=O)cc1. The van der Waals surface area contributed by atoms with E-state index in [1.807, 2.05) is 30.3 Å². The number of hydrogen-bond acceptors (Lipinski definition) is 3. The summed E-state index contributed by atoms with van der Waals surface area (Å²) in [5.41, 5.74) is 1.13. The van der Waals surface area contributed by atoms with E-state index in [9.17, 15) is 4.79 Å². The van der Waals surface area contributed by atoms with Crippen LogP contribution in [-0.4, -0.2) is 19.0 Å². The lowest BCUT2D eigenvalue weighted by Gasteiger charge is -2.16. The summed E-state index contributed by atoms with van der Waals surface area (Å²) >= 11 is 0. The van der Waals surface area contributed by atoms with Crippen molar-refractivity contribution in [3.05, 3.63) is 42.0 Å². The van der Waals surface area contributed by atoms with E-state index in [0.717, 1.165) is 17.7 Å². The molecule has 3 nitrogen and oxygen atoms in total. The molecule has 0 saturated heterocycles. The molecule has 110 valence electrons. The van der Waals surface area contributed by atoms with Gasteiger partial charge < -0.3 is 9.47 Å². The second kappa shape index (κ2) is 8.54. The van der Waals surface area contributed by atoms with Crippen molar-refractivity contribution >= 4 is 5.78 Å². The van der Waals surface area contributed by atoms with Gasteiger partial charge in [-0.15, -0.1) is 0 Å². The first kappa shape index (κ1) is 16.4. The fourth-order valence-corrected chi connectivity index (χ4v) is 1.93. The van der Waals surface area contributed by atoms with Crippen molar-refractivity contribution in [2.75, 3.05) is 7.11 Å². The molecule has 0 amide bonds. The van der Waals surface area contributed by atoms with E-state index in [0.29, 0.717) is 12.5 Å². The second-order valence-electron chi connectivity index (χ2n) is 5.15. The number of benzene rings is 1. The summed E-state index contributed by atoms with van der Waals surface area (Å²) in [5.74, 6) is 1.28. The van der Waals surface area contributed by atoms with E-state index >= 15 is 0 Å². The summed E-state index contributed by atoms with van der Waals surface area (Å²) in [7, 11) is 1.66. The van der Waals surface area contributed by atoms with E-state index in [1.165, 1.54) is 0 Å². The van der Waals surface area contributed by atoms with Gasteiger partial charge in [0.25, 0.3) is 0 Å². The highest BCUT2D eigenvalue weighted by Gasteiger charge is 2.07. The van der Waals surface area contributed by atoms with Gasteiger partial charge in [-0.25, -0.2) is 0 Å². The Morgan fingerprint density at radius 3 is 2.45 bits per heavy atom. The van der Waals surface area contributed by atoms with E-state index < -0.39 is 0 Å². The maximum Gasteiger partial charge on any atom is 0.152 e. The lowest BCUT2D eigenvalue weighted by molar-refractivity contribution is -0.112. The van der Waals surface area contributed by atoms with Gasteiger partial charge in [-0.2, -0.15) is 0 Å². The van der Waals surface area contributed by atoms with E-state index in [-0.39, 0.29) is 11.9 Å². The molecule has 0 unspecified atom stereocenters. The standard InChI is InChI=1S/C17H24O3/c1-13(5-6-14(2)18)11-15(3)20-12-16-7-9-17(19-4)10-8-16/h5-10,13,15H,11-12H2,1-4H3/b6-5+/t13-,15-/m0/s1. The number of carbonyl (C=O) groups is 1. The van der Waals surface area contributed by atoms with Gasteiger partial charge in [-0.1, -0.05) is 25.1 Å². The predicted molar refractivity (Wildman–Crippen MR) is 80.8 cm³/mol. The highest BCUT2D eigenvalue weighted by Crippen LogP contribution is 2.15. The molecule has 0 aromatic heterocycles. The third-order valence-electron chi connectivity index (χ3n) is 3.06. The minimum atomic E-state index is 0.0867. The molecule has 0 aliphatic rings. The molecule has 0 aliphatic heterocycles. The van der Waals surface area contributed by atoms with Crippen molar-refractivity contribution in [1.82, 2.24) is 0 Å². The Balaban J connectivity index is 2.34. The Bertz CT molecular complexity index is 434. The normalized spacial score (nSPS) is 14.2. The number of allylic oxidation sites excluding steroid dienone is 2. The minimum absolute atomic E-state index is 0.0867. The largest absolute Gasteiger partial charge is 0.497 e. The van der Waals surface area contributed by atoms with Crippen molar-refractivity contribution in [3.8, 4) is 5.75 Å². The van der Waals surface area contributed by atoms with E-state index in [1.54, 1.807) is 20.1 Å². The van der Waals surface area contributed by atoms with Crippen LogP contribution in [0.4, 0.5) is 0 Å². The molecule has 0 heterocycles. The van der Waals surface area contributed by atoms with Gasteiger partial charge in [-0.05, 0) is 50.0 Å². The molecule has 0 fully saturated rings. The minimum Gasteiger partial charge on any atom is -0.497 e. The zero-order valence-corrected chi connectivity index (χ0v) is 12.8. The highest BCUT2D eigenvalue weighted by molar-refractivity contribution is 5.87. The summed E-state index contributed by atoms with van der Waals surface area (Å²) in [6, 6.07) is 7.87. The van der Waals surface area contributed by atoms with E-state index in [4.69, 9.17) is 9.47 Å². The van der Waals surface area contributed by atoms with Gasteiger partial charge in [-0.3, -0.25) is 4.79 Å². The first-order valence-electron chi connectivity index (χ1n) is 6.94. The predicted octanol–water partition coefficient (Wildman–Crippen LogP) is 3.77. The maximum absolute atomic E-state index is 10.9. The number of ketones is 1. The van der Waals surface area contributed by atoms with Gasteiger partial charge in [0.15, 0.2) is 5.78 Å². The molecule has 0 spiro atoms. The molecule has 2 atom stereocenters. The van der Waals surface area contributed by atoms with Crippen LogP contribution in [0.2, 0.25) is 0 Å². The van der Waals surface area contributed by atoms with Crippen molar-refractivity contribution in [3.63, 3.8) is 0 Å². The van der Waals surface area contributed by atoms with Crippen LogP contribution in [0.5, 0.6) is 5.75 Å². The quantitative estimate of drug-likeness (QED) is 0.678. The Labute approximate surface area is 121 Å².